The minimum atomic E-state index is -0.0148. The fourth-order valence-corrected chi connectivity index (χ4v) is 2.74. The number of carbonyl (C=O) groups excluding carboxylic acids is 1. The van der Waals surface area contributed by atoms with Gasteiger partial charge in [0.15, 0.2) is 0 Å². The van der Waals surface area contributed by atoms with Crippen molar-refractivity contribution in [2.75, 3.05) is 23.3 Å². The first-order chi connectivity index (χ1) is 9.33. The molecule has 0 unspecified atom stereocenters. The highest BCUT2D eigenvalue weighted by Crippen LogP contribution is 2.20. The predicted molar refractivity (Wildman–Crippen MR) is 78.8 cm³/mol. The normalized spacial score (nSPS) is 14.5. The van der Waals surface area contributed by atoms with Gasteiger partial charge < -0.3 is 10.6 Å². The molecule has 1 saturated heterocycles. The molecular weight excluding hydrogens is 258 g/mol. The number of amides is 2. The largest absolute Gasteiger partial charge is 0.381 e. The lowest BCUT2D eigenvalue weighted by molar-refractivity contribution is 0.252. The van der Waals surface area contributed by atoms with Crippen molar-refractivity contribution in [2.24, 2.45) is 0 Å². The van der Waals surface area contributed by atoms with Gasteiger partial charge in [-0.15, -0.1) is 0 Å². The van der Waals surface area contributed by atoms with Crippen LogP contribution in [0.2, 0.25) is 0 Å². The van der Waals surface area contributed by atoms with Crippen molar-refractivity contribution in [1.29, 1.82) is 0 Å². The van der Waals surface area contributed by atoms with Gasteiger partial charge in [0.1, 0.15) is 0 Å². The van der Waals surface area contributed by atoms with Crippen LogP contribution in [0.1, 0.15) is 5.56 Å². The van der Waals surface area contributed by atoms with E-state index in [4.69, 9.17) is 0 Å². The van der Waals surface area contributed by atoms with Crippen molar-refractivity contribution >= 4 is 28.7 Å². The van der Waals surface area contributed by atoms with Gasteiger partial charge in [-0.05, 0) is 46.7 Å². The van der Waals surface area contributed by atoms with Gasteiger partial charge in [-0.2, -0.15) is 11.3 Å². The van der Waals surface area contributed by atoms with Crippen LogP contribution in [0.4, 0.5) is 16.2 Å². The molecular formula is C14H15N3OS. The summed E-state index contributed by atoms with van der Waals surface area (Å²) >= 11 is 1.70. The van der Waals surface area contributed by atoms with E-state index in [-0.39, 0.29) is 6.03 Å². The summed E-state index contributed by atoms with van der Waals surface area (Å²) in [6.45, 7) is 2.28. The number of nitrogens with zero attached hydrogens (tertiary/aromatic N) is 1. The van der Waals surface area contributed by atoms with Crippen LogP contribution in [0.15, 0.2) is 41.1 Å². The highest BCUT2D eigenvalue weighted by molar-refractivity contribution is 7.07. The Kier molecular flexibility index (Phi) is 3.37. The first-order valence-corrected chi connectivity index (χ1v) is 7.17. The summed E-state index contributed by atoms with van der Waals surface area (Å²) in [5, 5.41) is 10.4. The van der Waals surface area contributed by atoms with E-state index in [1.54, 1.807) is 16.2 Å². The molecule has 1 aromatic heterocycles. The van der Waals surface area contributed by atoms with Crippen LogP contribution < -0.4 is 15.5 Å². The molecule has 2 N–H and O–H groups in total. The summed E-state index contributed by atoms with van der Waals surface area (Å²) < 4.78 is 0. The van der Waals surface area contributed by atoms with Crippen LogP contribution in [0.25, 0.3) is 0 Å². The zero-order valence-electron chi connectivity index (χ0n) is 10.4. The van der Waals surface area contributed by atoms with Gasteiger partial charge in [0.05, 0.1) is 0 Å². The van der Waals surface area contributed by atoms with Crippen molar-refractivity contribution in [2.45, 2.75) is 6.54 Å². The van der Waals surface area contributed by atoms with Crippen molar-refractivity contribution in [3.63, 3.8) is 0 Å². The van der Waals surface area contributed by atoms with E-state index in [0.29, 0.717) is 0 Å². The zero-order chi connectivity index (χ0) is 13.1. The van der Waals surface area contributed by atoms with Gasteiger partial charge in [-0.3, -0.25) is 4.90 Å². The smallest absolute Gasteiger partial charge is 0.321 e. The maximum atomic E-state index is 11.5. The lowest BCUT2D eigenvalue weighted by Gasteiger charge is -2.14. The lowest BCUT2D eigenvalue weighted by atomic mass is 10.2. The molecule has 1 fully saturated rings. The van der Waals surface area contributed by atoms with Crippen LogP contribution in [-0.2, 0) is 6.54 Å². The molecule has 0 atom stereocenters. The van der Waals surface area contributed by atoms with Gasteiger partial charge in [-0.1, -0.05) is 0 Å². The molecule has 0 aliphatic carbocycles. The van der Waals surface area contributed by atoms with Crippen LogP contribution in [-0.4, -0.2) is 19.1 Å². The number of urea groups is 1. The van der Waals surface area contributed by atoms with E-state index in [1.807, 2.05) is 24.3 Å². The Bertz CT molecular complexity index is 551. The third kappa shape index (κ3) is 2.71. The first-order valence-electron chi connectivity index (χ1n) is 6.23. The number of carbonyl (C=O) groups is 1. The Labute approximate surface area is 116 Å². The average molecular weight is 273 g/mol. The number of hydrogen-bond acceptors (Lipinski definition) is 3. The SMILES string of the molecule is O=C1NCCN1c1ccc(NCc2ccsc2)cc1. The number of thiophene rings is 1. The average Bonchev–Trinajstić information content (AvgIpc) is 3.08. The van der Waals surface area contributed by atoms with Crippen LogP contribution in [0.3, 0.4) is 0 Å². The monoisotopic (exact) mass is 273 g/mol. The molecule has 1 aromatic carbocycles. The number of rotatable bonds is 4. The Morgan fingerprint density at radius 3 is 2.74 bits per heavy atom. The third-order valence-electron chi connectivity index (χ3n) is 3.11. The van der Waals surface area contributed by atoms with E-state index in [2.05, 4.69) is 27.5 Å². The van der Waals surface area contributed by atoms with Crippen molar-refractivity contribution in [3.8, 4) is 0 Å². The lowest BCUT2D eigenvalue weighted by Crippen LogP contribution is -2.27. The van der Waals surface area contributed by atoms with E-state index >= 15 is 0 Å². The fraction of sp³-hybridized carbons (Fsp3) is 0.214. The van der Waals surface area contributed by atoms with Gasteiger partial charge in [-0.25, -0.2) is 4.79 Å². The maximum absolute atomic E-state index is 11.5. The number of hydrogen-bond donors (Lipinski definition) is 2. The van der Waals surface area contributed by atoms with Gasteiger partial charge in [0.25, 0.3) is 0 Å². The highest BCUT2D eigenvalue weighted by Gasteiger charge is 2.20. The minimum absolute atomic E-state index is 0.0148. The number of benzene rings is 1. The Morgan fingerprint density at radius 1 is 1.26 bits per heavy atom. The summed E-state index contributed by atoms with van der Waals surface area (Å²) in [5.41, 5.74) is 3.29. The molecule has 0 bridgehead atoms. The molecule has 0 spiro atoms. The van der Waals surface area contributed by atoms with Gasteiger partial charge in [0.2, 0.25) is 0 Å². The second kappa shape index (κ2) is 5.32. The number of anilines is 2. The van der Waals surface area contributed by atoms with Crippen LogP contribution >= 0.6 is 11.3 Å². The van der Waals surface area contributed by atoms with E-state index in [1.165, 1.54) is 5.56 Å². The quantitative estimate of drug-likeness (QED) is 0.899. The molecule has 1 aliphatic rings. The molecule has 1 aliphatic heterocycles. The summed E-state index contributed by atoms with van der Waals surface area (Å²) in [6.07, 6.45) is 0. The predicted octanol–water partition coefficient (Wildman–Crippen LogP) is 2.89. The zero-order valence-corrected chi connectivity index (χ0v) is 11.2. The summed E-state index contributed by atoms with van der Waals surface area (Å²) in [4.78, 5) is 13.3. The Morgan fingerprint density at radius 2 is 2.11 bits per heavy atom. The molecule has 3 rings (SSSR count). The molecule has 0 saturated carbocycles. The molecule has 2 amide bonds. The molecule has 98 valence electrons. The maximum Gasteiger partial charge on any atom is 0.321 e. The topological polar surface area (TPSA) is 44.4 Å². The second-order valence-electron chi connectivity index (χ2n) is 4.42. The molecule has 4 nitrogen and oxygen atoms in total. The van der Waals surface area contributed by atoms with Crippen molar-refractivity contribution in [3.05, 3.63) is 46.7 Å². The molecule has 5 heteroatoms. The standard InChI is InChI=1S/C14H15N3OS/c18-14-15-6-7-17(14)13-3-1-12(2-4-13)16-9-11-5-8-19-10-11/h1-5,8,10,16H,6-7,9H2,(H,15,18). The van der Waals surface area contributed by atoms with Crippen molar-refractivity contribution < 1.29 is 4.79 Å². The summed E-state index contributed by atoms with van der Waals surface area (Å²) in [5.74, 6) is 0. The van der Waals surface area contributed by atoms with E-state index < -0.39 is 0 Å². The van der Waals surface area contributed by atoms with E-state index in [0.717, 1.165) is 31.0 Å². The molecule has 0 radical (unpaired) electrons. The minimum Gasteiger partial charge on any atom is -0.381 e. The fourth-order valence-electron chi connectivity index (χ4n) is 2.07. The third-order valence-corrected chi connectivity index (χ3v) is 3.84. The second-order valence-corrected chi connectivity index (χ2v) is 5.20. The summed E-state index contributed by atoms with van der Waals surface area (Å²) in [7, 11) is 0. The van der Waals surface area contributed by atoms with Gasteiger partial charge >= 0.3 is 6.03 Å². The van der Waals surface area contributed by atoms with Crippen LogP contribution in [0, 0.1) is 0 Å². The first kappa shape index (κ1) is 12.0. The number of nitrogens with one attached hydrogen (secondary N) is 2. The van der Waals surface area contributed by atoms with Crippen LogP contribution in [0.5, 0.6) is 0 Å². The van der Waals surface area contributed by atoms with Crippen molar-refractivity contribution in [1.82, 2.24) is 5.32 Å². The Hall–Kier alpha value is -2.01. The molecule has 2 aromatic rings. The summed E-state index contributed by atoms with van der Waals surface area (Å²) in [6, 6.07) is 10.1. The van der Waals surface area contributed by atoms with E-state index in [9.17, 15) is 4.79 Å². The molecule has 2 heterocycles. The van der Waals surface area contributed by atoms with Gasteiger partial charge in [0, 0.05) is 31.0 Å². The highest BCUT2D eigenvalue weighted by atomic mass is 32.1. The Balaban J connectivity index is 1.64. The molecule has 19 heavy (non-hydrogen) atoms.